The summed E-state index contributed by atoms with van der Waals surface area (Å²) in [6.07, 6.45) is 1.26. The number of benzene rings is 2. The normalized spacial score (nSPS) is 12.5. The molecule has 1 amide bonds. The molecule has 0 spiro atoms. The molecular formula is C20H26N2O3S. The van der Waals surface area contributed by atoms with Gasteiger partial charge in [-0.05, 0) is 43.5 Å². The van der Waals surface area contributed by atoms with E-state index in [4.69, 9.17) is 0 Å². The van der Waals surface area contributed by atoms with Gasteiger partial charge in [0.25, 0.3) is 0 Å². The first-order valence-corrected chi connectivity index (χ1v) is 10.4. The molecular weight excluding hydrogens is 348 g/mol. The fraction of sp³-hybridized carbons (Fsp3) is 0.350. The van der Waals surface area contributed by atoms with Gasteiger partial charge in [0.2, 0.25) is 15.9 Å². The smallest absolute Gasteiger partial charge is 0.232 e. The van der Waals surface area contributed by atoms with E-state index in [2.05, 4.69) is 5.32 Å². The Labute approximate surface area is 156 Å². The molecule has 0 saturated heterocycles. The molecule has 26 heavy (non-hydrogen) atoms. The van der Waals surface area contributed by atoms with Gasteiger partial charge < -0.3 is 5.32 Å². The molecule has 140 valence electrons. The van der Waals surface area contributed by atoms with E-state index in [1.54, 1.807) is 6.07 Å². The Kier molecular flexibility index (Phi) is 6.42. The van der Waals surface area contributed by atoms with Gasteiger partial charge in [-0.3, -0.25) is 9.10 Å². The summed E-state index contributed by atoms with van der Waals surface area (Å²) in [5, 5.41) is 2.92. The number of hydrogen-bond acceptors (Lipinski definition) is 3. The molecule has 0 aliphatic rings. The van der Waals surface area contributed by atoms with E-state index in [0.717, 1.165) is 16.7 Å². The van der Waals surface area contributed by atoms with Crippen LogP contribution in [-0.4, -0.2) is 27.1 Å². The van der Waals surface area contributed by atoms with Crippen LogP contribution in [0.25, 0.3) is 0 Å². The molecule has 2 aromatic rings. The number of carbonyl (C=O) groups is 1. The molecule has 0 bridgehead atoms. The Morgan fingerprint density at radius 3 is 2.35 bits per heavy atom. The van der Waals surface area contributed by atoms with Crippen LogP contribution in [0.15, 0.2) is 48.5 Å². The molecule has 0 heterocycles. The summed E-state index contributed by atoms with van der Waals surface area (Å²) in [4.78, 5) is 12.3. The van der Waals surface area contributed by atoms with Crippen molar-refractivity contribution in [3.63, 3.8) is 0 Å². The van der Waals surface area contributed by atoms with Crippen molar-refractivity contribution in [2.75, 3.05) is 17.1 Å². The predicted octanol–water partition coefficient (Wildman–Crippen LogP) is 3.34. The third kappa shape index (κ3) is 5.08. The fourth-order valence-electron chi connectivity index (χ4n) is 2.81. The van der Waals surface area contributed by atoms with Gasteiger partial charge in [-0.1, -0.05) is 42.5 Å². The zero-order chi connectivity index (χ0) is 19.3. The number of sulfonamides is 1. The summed E-state index contributed by atoms with van der Waals surface area (Å²) in [6.45, 7) is 5.84. The predicted molar refractivity (Wildman–Crippen MR) is 106 cm³/mol. The molecule has 2 aromatic carbocycles. The van der Waals surface area contributed by atoms with Gasteiger partial charge >= 0.3 is 0 Å². The first-order valence-electron chi connectivity index (χ1n) is 8.58. The van der Waals surface area contributed by atoms with Crippen LogP contribution in [0.4, 0.5) is 5.69 Å². The van der Waals surface area contributed by atoms with Gasteiger partial charge in [0.05, 0.1) is 18.0 Å². The summed E-state index contributed by atoms with van der Waals surface area (Å²) in [7, 11) is -3.48. The summed E-state index contributed by atoms with van der Waals surface area (Å²) in [6, 6.07) is 15.1. The number of nitrogens with zero attached hydrogens (tertiary/aromatic N) is 1. The van der Waals surface area contributed by atoms with Crippen molar-refractivity contribution in [1.29, 1.82) is 0 Å². The van der Waals surface area contributed by atoms with Crippen LogP contribution < -0.4 is 9.62 Å². The molecule has 0 aliphatic heterocycles. The molecule has 6 heteroatoms. The SMILES string of the molecule is Cc1cccc(N(CCC(=O)NC(C)c2ccccc2)S(C)(=O)=O)c1C. The van der Waals surface area contributed by atoms with E-state index in [-0.39, 0.29) is 24.9 Å². The molecule has 0 aliphatic carbocycles. The highest BCUT2D eigenvalue weighted by Crippen LogP contribution is 2.25. The number of amides is 1. The third-order valence-corrected chi connectivity index (χ3v) is 5.64. The molecule has 1 unspecified atom stereocenters. The number of anilines is 1. The number of rotatable bonds is 7. The molecule has 5 nitrogen and oxygen atoms in total. The van der Waals surface area contributed by atoms with Crippen LogP contribution in [0.3, 0.4) is 0 Å². The molecule has 2 rings (SSSR count). The average Bonchev–Trinajstić information content (AvgIpc) is 2.58. The highest BCUT2D eigenvalue weighted by molar-refractivity contribution is 7.92. The van der Waals surface area contributed by atoms with Gasteiger partial charge in [0, 0.05) is 13.0 Å². The minimum absolute atomic E-state index is 0.0949. The first-order chi connectivity index (χ1) is 12.2. The Bertz CT molecular complexity index is 864. The van der Waals surface area contributed by atoms with E-state index in [9.17, 15) is 13.2 Å². The third-order valence-electron chi connectivity index (χ3n) is 4.46. The zero-order valence-electron chi connectivity index (χ0n) is 15.7. The van der Waals surface area contributed by atoms with Crippen molar-refractivity contribution < 1.29 is 13.2 Å². The summed E-state index contributed by atoms with van der Waals surface area (Å²) >= 11 is 0. The van der Waals surface area contributed by atoms with Crippen molar-refractivity contribution >= 4 is 21.6 Å². The number of nitrogens with one attached hydrogen (secondary N) is 1. The molecule has 0 fully saturated rings. The van der Waals surface area contributed by atoms with Gasteiger partial charge in [-0.25, -0.2) is 8.42 Å². The van der Waals surface area contributed by atoms with Crippen molar-refractivity contribution in [1.82, 2.24) is 5.32 Å². The van der Waals surface area contributed by atoms with Gasteiger partial charge in [-0.2, -0.15) is 0 Å². The van der Waals surface area contributed by atoms with E-state index in [1.807, 2.05) is 63.2 Å². The minimum Gasteiger partial charge on any atom is -0.350 e. The quantitative estimate of drug-likeness (QED) is 0.808. The molecule has 0 saturated carbocycles. The lowest BCUT2D eigenvalue weighted by atomic mass is 10.1. The van der Waals surface area contributed by atoms with E-state index < -0.39 is 10.0 Å². The van der Waals surface area contributed by atoms with Gasteiger partial charge in [-0.15, -0.1) is 0 Å². The maximum absolute atomic E-state index is 12.3. The number of hydrogen-bond donors (Lipinski definition) is 1. The van der Waals surface area contributed by atoms with Crippen LogP contribution in [0.2, 0.25) is 0 Å². The summed E-state index contributed by atoms with van der Waals surface area (Å²) < 4.78 is 25.8. The maximum Gasteiger partial charge on any atom is 0.232 e. The lowest BCUT2D eigenvalue weighted by molar-refractivity contribution is -0.121. The van der Waals surface area contributed by atoms with E-state index in [1.165, 1.54) is 10.6 Å². The van der Waals surface area contributed by atoms with E-state index >= 15 is 0 Å². The highest BCUT2D eigenvalue weighted by atomic mass is 32.2. The fourth-order valence-corrected chi connectivity index (χ4v) is 3.79. The second-order valence-electron chi connectivity index (χ2n) is 6.50. The standard InChI is InChI=1S/C20H26N2O3S/c1-15-9-8-12-19(16(15)2)22(26(4,24)25)14-13-20(23)21-17(3)18-10-6-5-7-11-18/h5-12,17H,13-14H2,1-4H3,(H,21,23). The highest BCUT2D eigenvalue weighted by Gasteiger charge is 2.21. The van der Waals surface area contributed by atoms with Crippen molar-refractivity contribution in [2.24, 2.45) is 0 Å². The van der Waals surface area contributed by atoms with E-state index in [0.29, 0.717) is 5.69 Å². The summed E-state index contributed by atoms with van der Waals surface area (Å²) in [5.41, 5.74) is 3.54. The van der Waals surface area contributed by atoms with Gasteiger partial charge in [0.15, 0.2) is 0 Å². The number of carbonyl (C=O) groups excluding carboxylic acids is 1. The first kappa shape index (κ1) is 20.0. The maximum atomic E-state index is 12.3. The Balaban J connectivity index is 2.08. The van der Waals surface area contributed by atoms with Gasteiger partial charge in [0.1, 0.15) is 0 Å². The molecule has 1 atom stereocenters. The second-order valence-corrected chi connectivity index (χ2v) is 8.41. The van der Waals surface area contributed by atoms with Crippen LogP contribution >= 0.6 is 0 Å². The Hall–Kier alpha value is -2.34. The monoisotopic (exact) mass is 374 g/mol. The van der Waals surface area contributed by atoms with Crippen LogP contribution in [0.5, 0.6) is 0 Å². The molecule has 0 aromatic heterocycles. The summed E-state index contributed by atoms with van der Waals surface area (Å²) in [5.74, 6) is -0.180. The molecule has 1 N–H and O–H groups in total. The lowest BCUT2D eigenvalue weighted by Crippen LogP contribution is -2.35. The largest absolute Gasteiger partial charge is 0.350 e. The lowest BCUT2D eigenvalue weighted by Gasteiger charge is -2.25. The van der Waals surface area contributed by atoms with Crippen LogP contribution in [0.1, 0.15) is 36.1 Å². The van der Waals surface area contributed by atoms with Crippen LogP contribution in [-0.2, 0) is 14.8 Å². The Morgan fingerprint density at radius 1 is 1.08 bits per heavy atom. The average molecular weight is 375 g/mol. The number of aryl methyl sites for hydroxylation is 1. The minimum atomic E-state index is -3.48. The zero-order valence-corrected chi connectivity index (χ0v) is 16.5. The van der Waals surface area contributed by atoms with Crippen molar-refractivity contribution in [2.45, 2.75) is 33.2 Å². The second kappa shape index (κ2) is 8.36. The van der Waals surface area contributed by atoms with Crippen molar-refractivity contribution in [3.8, 4) is 0 Å². The van der Waals surface area contributed by atoms with Crippen molar-refractivity contribution in [3.05, 3.63) is 65.2 Å². The Morgan fingerprint density at radius 2 is 1.73 bits per heavy atom. The molecule has 0 radical (unpaired) electrons. The van der Waals surface area contributed by atoms with Crippen LogP contribution in [0, 0.1) is 13.8 Å². The topological polar surface area (TPSA) is 66.5 Å².